The van der Waals surface area contributed by atoms with Gasteiger partial charge >= 0.3 is 0 Å². The summed E-state index contributed by atoms with van der Waals surface area (Å²) in [6.45, 7) is 2.01. The highest BCUT2D eigenvalue weighted by Crippen LogP contribution is 2.42. The van der Waals surface area contributed by atoms with Crippen molar-refractivity contribution in [1.29, 1.82) is 0 Å². The summed E-state index contributed by atoms with van der Waals surface area (Å²) < 4.78 is 7.44. The van der Waals surface area contributed by atoms with Gasteiger partial charge in [-0.05, 0) is 31.2 Å². The Morgan fingerprint density at radius 2 is 1.87 bits per heavy atom. The largest absolute Gasteiger partial charge is 0.339 e. The van der Waals surface area contributed by atoms with Crippen molar-refractivity contribution >= 4 is 22.6 Å². The fourth-order valence-electron chi connectivity index (χ4n) is 3.04. The number of hydrogen-bond acceptors (Lipinski definition) is 4. The minimum absolute atomic E-state index is 0.00437. The van der Waals surface area contributed by atoms with Crippen LogP contribution in [0, 0.1) is 6.92 Å². The predicted molar refractivity (Wildman–Crippen MR) is 85.8 cm³/mol. The van der Waals surface area contributed by atoms with Crippen molar-refractivity contribution in [3.05, 3.63) is 54.1 Å². The number of carbonyl (C=O) groups excluding carboxylic acids is 1. The van der Waals surface area contributed by atoms with Gasteiger partial charge in [-0.1, -0.05) is 35.0 Å². The normalized spacial score (nSPS) is 20.8. The zero-order valence-electron chi connectivity index (χ0n) is 12.9. The molecule has 6 nitrogen and oxygen atoms in total. The quantitative estimate of drug-likeness (QED) is 0.697. The zero-order chi connectivity index (χ0) is 16.0. The van der Waals surface area contributed by atoms with Crippen LogP contribution in [0.5, 0.6) is 0 Å². The molecule has 1 atom stereocenters. The number of methoxy groups -OCH3 is 1. The third kappa shape index (κ3) is 1.88. The van der Waals surface area contributed by atoms with Crippen molar-refractivity contribution in [3.63, 3.8) is 0 Å². The van der Waals surface area contributed by atoms with Crippen LogP contribution in [-0.4, -0.2) is 28.0 Å². The van der Waals surface area contributed by atoms with Gasteiger partial charge in [0, 0.05) is 12.8 Å². The molecule has 4 rings (SSSR count). The summed E-state index contributed by atoms with van der Waals surface area (Å²) in [5, 5.41) is 8.41. The topological polar surface area (TPSA) is 60.2 Å². The molecular formula is C17H16N4O2. The molecule has 1 amide bonds. The molecule has 0 radical (unpaired) electrons. The first-order chi connectivity index (χ1) is 11.2. The number of ether oxygens (including phenoxy) is 1. The van der Waals surface area contributed by atoms with Crippen molar-refractivity contribution in [1.82, 2.24) is 15.0 Å². The molecule has 1 saturated heterocycles. The monoisotopic (exact) mass is 308 g/mol. The van der Waals surface area contributed by atoms with Gasteiger partial charge in [-0.3, -0.25) is 9.69 Å². The maximum Gasteiger partial charge on any atom is 0.258 e. The van der Waals surface area contributed by atoms with Crippen molar-refractivity contribution in [2.24, 2.45) is 0 Å². The van der Waals surface area contributed by atoms with Crippen LogP contribution in [0.4, 0.5) is 5.69 Å². The molecule has 3 aromatic rings. The third-order valence-corrected chi connectivity index (χ3v) is 4.28. The van der Waals surface area contributed by atoms with E-state index in [-0.39, 0.29) is 12.3 Å². The molecule has 6 heteroatoms. The summed E-state index contributed by atoms with van der Waals surface area (Å²) in [5.74, 6) is -0.974. The summed E-state index contributed by atoms with van der Waals surface area (Å²) in [4.78, 5) is 13.9. The summed E-state index contributed by atoms with van der Waals surface area (Å²) in [7, 11) is 1.59. The standard InChI is InChI=1S/C17H16N4O2/c1-12-7-9-13(10-8-12)20-16(22)11-17(20,23-2)21-15-6-4-3-5-14(15)18-19-21/h3-10H,11H2,1-2H3. The number of aromatic nitrogens is 3. The van der Waals surface area contributed by atoms with E-state index in [1.54, 1.807) is 16.7 Å². The van der Waals surface area contributed by atoms with Gasteiger partial charge in [0.2, 0.25) is 5.91 Å². The maximum absolute atomic E-state index is 12.3. The Bertz CT molecular complexity index is 887. The number of fused-ring (bicyclic) bond motifs is 1. The molecule has 2 aromatic carbocycles. The van der Waals surface area contributed by atoms with Crippen LogP contribution >= 0.6 is 0 Å². The van der Waals surface area contributed by atoms with Crippen LogP contribution in [0.3, 0.4) is 0 Å². The summed E-state index contributed by atoms with van der Waals surface area (Å²) in [6, 6.07) is 15.4. The molecule has 23 heavy (non-hydrogen) atoms. The van der Waals surface area contributed by atoms with Crippen LogP contribution in [0.2, 0.25) is 0 Å². The molecule has 0 saturated carbocycles. The Labute approximate surface area is 133 Å². The number of aryl methyl sites for hydroxylation is 1. The average molecular weight is 308 g/mol. The smallest absolute Gasteiger partial charge is 0.258 e. The number of rotatable bonds is 3. The van der Waals surface area contributed by atoms with Gasteiger partial charge in [-0.2, -0.15) is 4.68 Å². The lowest BCUT2D eigenvalue weighted by Crippen LogP contribution is -2.66. The van der Waals surface area contributed by atoms with Crippen LogP contribution in [-0.2, 0) is 15.4 Å². The second-order valence-electron chi connectivity index (χ2n) is 5.68. The van der Waals surface area contributed by atoms with Gasteiger partial charge in [0.05, 0.1) is 11.9 Å². The second-order valence-corrected chi connectivity index (χ2v) is 5.68. The fourth-order valence-corrected chi connectivity index (χ4v) is 3.04. The highest BCUT2D eigenvalue weighted by atomic mass is 16.5. The SMILES string of the molecule is COC1(n2nnc3ccccc32)CC(=O)N1c1ccc(C)cc1. The second kappa shape index (κ2) is 4.89. The highest BCUT2D eigenvalue weighted by Gasteiger charge is 2.56. The van der Waals surface area contributed by atoms with Gasteiger partial charge in [0.1, 0.15) is 5.52 Å². The number of β-lactam (4-membered cyclic amide) rings is 1. The number of benzene rings is 2. The number of amides is 1. The summed E-state index contributed by atoms with van der Waals surface area (Å²) in [5.41, 5.74) is 3.52. The van der Waals surface area contributed by atoms with Crippen molar-refractivity contribution < 1.29 is 9.53 Å². The van der Waals surface area contributed by atoms with E-state index in [0.717, 1.165) is 22.3 Å². The first-order valence-electron chi connectivity index (χ1n) is 7.41. The van der Waals surface area contributed by atoms with E-state index in [1.165, 1.54) is 0 Å². The Kier molecular flexibility index (Phi) is 2.96. The Morgan fingerprint density at radius 1 is 1.13 bits per heavy atom. The van der Waals surface area contributed by atoms with E-state index in [9.17, 15) is 4.79 Å². The molecule has 1 unspecified atom stereocenters. The molecule has 116 valence electrons. The minimum atomic E-state index is -0.970. The Balaban J connectivity index is 1.86. The van der Waals surface area contributed by atoms with Gasteiger partial charge < -0.3 is 4.74 Å². The first-order valence-corrected chi connectivity index (χ1v) is 7.41. The number of carbonyl (C=O) groups is 1. The number of hydrogen-bond donors (Lipinski definition) is 0. The molecular weight excluding hydrogens is 292 g/mol. The van der Waals surface area contributed by atoms with Crippen molar-refractivity contribution in [3.8, 4) is 0 Å². The van der Waals surface area contributed by atoms with Crippen LogP contribution < -0.4 is 4.90 Å². The number of para-hydroxylation sites is 1. The van der Waals surface area contributed by atoms with E-state index < -0.39 is 5.85 Å². The van der Waals surface area contributed by atoms with Crippen molar-refractivity contribution in [2.75, 3.05) is 12.0 Å². The van der Waals surface area contributed by atoms with Crippen LogP contribution in [0.25, 0.3) is 11.0 Å². The lowest BCUT2D eigenvalue weighted by molar-refractivity contribution is -0.167. The Hall–Kier alpha value is -2.73. The predicted octanol–water partition coefficient (Wildman–Crippen LogP) is 2.43. The van der Waals surface area contributed by atoms with Gasteiger partial charge in [0.25, 0.3) is 5.85 Å². The molecule has 1 aromatic heterocycles. The maximum atomic E-state index is 12.3. The number of anilines is 1. The van der Waals surface area contributed by atoms with Gasteiger partial charge in [-0.25, -0.2) is 0 Å². The van der Waals surface area contributed by atoms with E-state index in [4.69, 9.17) is 4.74 Å². The van der Waals surface area contributed by atoms with Gasteiger partial charge in [0.15, 0.2) is 0 Å². The fraction of sp³-hybridized carbons (Fsp3) is 0.235. The minimum Gasteiger partial charge on any atom is -0.339 e. The third-order valence-electron chi connectivity index (χ3n) is 4.28. The van der Waals surface area contributed by atoms with Gasteiger partial charge in [-0.15, -0.1) is 5.10 Å². The zero-order valence-corrected chi connectivity index (χ0v) is 12.9. The summed E-state index contributed by atoms with van der Waals surface area (Å²) in [6.07, 6.45) is 0.227. The van der Waals surface area contributed by atoms with Crippen molar-refractivity contribution in [2.45, 2.75) is 19.2 Å². The van der Waals surface area contributed by atoms with E-state index in [2.05, 4.69) is 10.3 Å². The summed E-state index contributed by atoms with van der Waals surface area (Å²) >= 11 is 0. The van der Waals surface area contributed by atoms with E-state index >= 15 is 0 Å². The number of nitrogens with zero attached hydrogens (tertiary/aromatic N) is 4. The molecule has 0 bridgehead atoms. The molecule has 1 fully saturated rings. The lowest BCUT2D eigenvalue weighted by atomic mass is 10.0. The molecule has 2 heterocycles. The van der Waals surface area contributed by atoms with Crippen LogP contribution in [0.15, 0.2) is 48.5 Å². The molecule has 1 aliphatic rings. The van der Waals surface area contributed by atoms with Crippen LogP contribution in [0.1, 0.15) is 12.0 Å². The average Bonchev–Trinajstić information content (AvgIpc) is 2.98. The molecule has 0 spiro atoms. The van der Waals surface area contributed by atoms with E-state index in [0.29, 0.717) is 0 Å². The highest BCUT2D eigenvalue weighted by molar-refractivity contribution is 6.01. The van der Waals surface area contributed by atoms with E-state index in [1.807, 2.05) is 55.5 Å². The lowest BCUT2D eigenvalue weighted by Gasteiger charge is -2.49. The molecule has 0 aliphatic carbocycles. The molecule has 1 aliphatic heterocycles. The Morgan fingerprint density at radius 3 is 2.57 bits per heavy atom. The molecule has 0 N–H and O–H groups in total. The first kappa shape index (κ1) is 13.9.